The molecule has 0 amide bonds. The van der Waals surface area contributed by atoms with Crippen LogP contribution in [0.15, 0.2) is 249 Å². The molecule has 6 heteroatoms. The lowest BCUT2D eigenvalue weighted by Crippen LogP contribution is -2.29. The van der Waals surface area contributed by atoms with Crippen molar-refractivity contribution in [1.29, 1.82) is 0 Å². The normalized spacial score (nSPS) is 14.6. The molecular weight excluding hydrogens is 999 g/mol. The van der Waals surface area contributed by atoms with Crippen LogP contribution in [-0.2, 0) is 16.2 Å². The summed E-state index contributed by atoms with van der Waals surface area (Å²) >= 11 is 0. The number of nitrogens with zero attached hydrogens (tertiary/aromatic N) is 5. The van der Waals surface area contributed by atoms with Crippen LogP contribution < -0.4 is 14.5 Å². The summed E-state index contributed by atoms with van der Waals surface area (Å²) in [7, 11) is 0. The number of ether oxygens (including phenoxy) is 1. The summed E-state index contributed by atoms with van der Waals surface area (Å²) in [5, 5.41) is 2.27. The smallest absolute Gasteiger partial charge is 0.187 e. The van der Waals surface area contributed by atoms with Crippen molar-refractivity contribution in [2.45, 2.75) is 57.8 Å². The van der Waals surface area contributed by atoms with E-state index in [4.69, 9.17) is 16.3 Å². The van der Waals surface area contributed by atoms with Gasteiger partial charge in [0.05, 0.1) is 40.1 Å². The van der Waals surface area contributed by atoms with Crippen molar-refractivity contribution in [3.8, 4) is 50.7 Å². The van der Waals surface area contributed by atoms with E-state index in [2.05, 4.69) is 297 Å². The summed E-state index contributed by atoms with van der Waals surface area (Å²) in [6.45, 7) is 22.5. The molecule has 82 heavy (non-hydrogen) atoms. The molecule has 0 bridgehead atoms. The number of rotatable bonds is 9. The fourth-order valence-electron chi connectivity index (χ4n) is 12.9. The maximum Gasteiger partial charge on any atom is 0.187 e. The Morgan fingerprint density at radius 2 is 1.07 bits per heavy atom. The third-order valence-electron chi connectivity index (χ3n) is 16.9. The van der Waals surface area contributed by atoms with Crippen molar-refractivity contribution in [1.82, 2.24) is 9.55 Å². The van der Waals surface area contributed by atoms with E-state index < -0.39 is 5.41 Å². The minimum absolute atomic E-state index is 0.0689. The topological polar surface area (TPSA) is 37.9 Å². The summed E-state index contributed by atoms with van der Waals surface area (Å²) in [6.07, 6.45) is 1.93. The Morgan fingerprint density at radius 3 is 1.77 bits per heavy atom. The van der Waals surface area contributed by atoms with Gasteiger partial charge in [-0.3, -0.25) is 4.57 Å². The third-order valence-corrected chi connectivity index (χ3v) is 16.9. The maximum absolute atomic E-state index is 8.34. The molecule has 3 heterocycles. The van der Waals surface area contributed by atoms with Crippen molar-refractivity contribution in [3.05, 3.63) is 294 Å². The lowest BCUT2D eigenvalue weighted by atomic mass is 9.67. The van der Waals surface area contributed by atoms with Crippen molar-refractivity contribution in [2.24, 2.45) is 0 Å². The zero-order chi connectivity index (χ0) is 55.9. The molecule has 0 radical (unpaired) electrons. The highest BCUT2D eigenvalue weighted by Gasteiger charge is 2.47. The second-order valence-electron chi connectivity index (χ2n) is 23.9. The lowest BCUT2D eigenvalue weighted by Gasteiger charge is -2.35. The Labute approximate surface area is 480 Å². The Morgan fingerprint density at radius 1 is 0.463 bits per heavy atom. The largest absolute Gasteiger partial charge is 0.457 e. The minimum atomic E-state index is -0.842. The highest BCUT2D eigenvalue weighted by Crippen LogP contribution is 2.59. The first-order valence-electron chi connectivity index (χ1n) is 28.3. The Hall–Kier alpha value is -9.96. The molecule has 0 spiro atoms. The highest BCUT2D eigenvalue weighted by molar-refractivity contribution is 6.09. The molecule has 10 aromatic carbocycles. The summed E-state index contributed by atoms with van der Waals surface area (Å²) in [6, 6.07) is 87.4. The Balaban J connectivity index is 1.01. The van der Waals surface area contributed by atoms with Crippen LogP contribution in [0.3, 0.4) is 0 Å². The second kappa shape index (κ2) is 19.4. The van der Waals surface area contributed by atoms with Crippen LogP contribution in [0.2, 0.25) is 0 Å². The Kier molecular flexibility index (Phi) is 11.9. The maximum atomic E-state index is 8.34. The summed E-state index contributed by atoms with van der Waals surface area (Å²) in [4.78, 5) is 14.0. The molecule has 0 fully saturated rings. The van der Waals surface area contributed by atoms with Crippen LogP contribution in [0.1, 0.15) is 74.9 Å². The van der Waals surface area contributed by atoms with E-state index in [9.17, 15) is 0 Å². The average Bonchev–Trinajstić information content (AvgIpc) is 2.48. The zero-order valence-corrected chi connectivity index (χ0v) is 47.0. The Bertz CT molecular complexity index is 4440. The van der Waals surface area contributed by atoms with Gasteiger partial charge < -0.3 is 14.5 Å². The molecule has 2 aliphatic rings. The van der Waals surface area contributed by atoms with Gasteiger partial charge in [0, 0.05) is 45.9 Å². The van der Waals surface area contributed by atoms with Crippen LogP contribution in [0.5, 0.6) is 11.5 Å². The number of hydrogen-bond acceptors (Lipinski definition) is 4. The van der Waals surface area contributed by atoms with Crippen LogP contribution in [0.25, 0.3) is 65.8 Å². The van der Waals surface area contributed by atoms with Gasteiger partial charge >= 0.3 is 0 Å². The number of aromatic nitrogens is 2. The van der Waals surface area contributed by atoms with E-state index >= 15 is 0 Å². The van der Waals surface area contributed by atoms with Crippen LogP contribution >= 0.6 is 0 Å². The number of hydrogen-bond donors (Lipinski definition) is 0. The van der Waals surface area contributed by atoms with E-state index in [0.717, 1.165) is 94.9 Å². The summed E-state index contributed by atoms with van der Waals surface area (Å²) < 4.78 is 9.70. The SMILES string of the molecule is [C-]#[N+]c1ccc2c(c1)C(c1ccccc1)(c1cc(Oc3ccc4c5ccccc5n(-c5cc(C(C)(C)C)ccn5)c4c3)cc(N3CN(c4c(-c5ccccc5)cc(C(C)(C)C)cc4-c4ccccc4)c4ccccc43)c1)c1ccccc1-2. The molecule has 396 valence electrons. The predicted octanol–water partition coefficient (Wildman–Crippen LogP) is 20.1. The van der Waals surface area contributed by atoms with Crippen molar-refractivity contribution >= 4 is 50.2 Å². The van der Waals surface area contributed by atoms with E-state index in [1.54, 1.807) is 0 Å². The fourth-order valence-corrected chi connectivity index (χ4v) is 12.9. The lowest BCUT2D eigenvalue weighted by molar-refractivity contribution is 0.482. The fraction of sp³-hybridized carbons (Fsp3) is 0.132. The van der Waals surface area contributed by atoms with E-state index in [-0.39, 0.29) is 10.8 Å². The van der Waals surface area contributed by atoms with E-state index in [0.29, 0.717) is 23.9 Å². The zero-order valence-electron chi connectivity index (χ0n) is 47.0. The highest BCUT2D eigenvalue weighted by atomic mass is 16.5. The molecule has 6 nitrogen and oxygen atoms in total. The molecule has 1 aliphatic carbocycles. The van der Waals surface area contributed by atoms with Gasteiger partial charge in [-0.15, -0.1) is 0 Å². The van der Waals surface area contributed by atoms with Gasteiger partial charge in [0.15, 0.2) is 5.69 Å². The third kappa shape index (κ3) is 8.26. The molecule has 1 unspecified atom stereocenters. The van der Waals surface area contributed by atoms with Gasteiger partial charge in [-0.1, -0.05) is 205 Å². The van der Waals surface area contributed by atoms with Gasteiger partial charge in [0.2, 0.25) is 0 Å². The van der Waals surface area contributed by atoms with Gasteiger partial charge in [-0.25, -0.2) is 9.83 Å². The van der Waals surface area contributed by atoms with Gasteiger partial charge in [-0.05, 0) is 133 Å². The van der Waals surface area contributed by atoms with Crippen LogP contribution in [0, 0.1) is 6.57 Å². The van der Waals surface area contributed by atoms with Crippen LogP contribution in [-0.4, -0.2) is 16.2 Å². The molecule has 0 saturated carbocycles. The molecular formula is C76H61N5O. The second-order valence-corrected chi connectivity index (χ2v) is 23.9. The van der Waals surface area contributed by atoms with E-state index in [1.807, 2.05) is 12.3 Å². The molecule has 0 saturated heterocycles. The van der Waals surface area contributed by atoms with Crippen molar-refractivity contribution in [3.63, 3.8) is 0 Å². The predicted molar refractivity (Wildman–Crippen MR) is 339 cm³/mol. The monoisotopic (exact) mass is 1060 g/mol. The number of benzene rings is 10. The van der Waals surface area contributed by atoms with Gasteiger partial charge in [0.25, 0.3) is 0 Å². The van der Waals surface area contributed by atoms with Gasteiger partial charge in [0.1, 0.15) is 24.0 Å². The van der Waals surface area contributed by atoms with E-state index in [1.165, 1.54) is 22.3 Å². The molecule has 14 rings (SSSR count). The molecule has 1 aliphatic heterocycles. The van der Waals surface area contributed by atoms with Crippen molar-refractivity contribution < 1.29 is 4.74 Å². The molecule has 2 aromatic heterocycles. The molecule has 0 N–H and O–H groups in total. The summed E-state index contributed by atoms with van der Waals surface area (Å²) in [5.74, 6) is 2.24. The first-order valence-corrected chi connectivity index (χ1v) is 28.3. The average molecular weight is 1060 g/mol. The van der Waals surface area contributed by atoms with Gasteiger partial charge in [-0.2, -0.15) is 0 Å². The minimum Gasteiger partial charge on any atom is -0.457 e. The first kappa shape index (κ1) is 50.3. The number of fused-ring (bicyclic) bond motifs is 7. The van der Waals surface area contributed by atoms with Crippen LogP contribution in [0.4, 0.5) is 28.4 Å². The number of pyridine rings is 1. The molecule has 12 aromatic rings. The number of para-hydroxylation sites is 3. The van der Waals surface area contributed by atoms with Crippen molar-refractivity contribution in [2.75, 3.05) is 16.5 Å². The molecule has 1 atom stereocenters. The summed E-state index contributed by atoms with van der Waals surface area (Å²) in [5.41, 5.74) is 19.7. The standard InChI is InChI=1S/C76H61N5O/c1-74(2,3)53-39-40-78-72(45-53)81-68-32-20-18-30-62(68)63-38-36-58(48-71(63)81)82-59-42-55(76(52-27-15-10-16-28-52)66-31-19-17-29-60(66)61-37-35-56(77-7)46-67(61)76)41-57(47-59)79-49-80(70-34-22-21-33-69(70)79)73-64(50-23-11-8-12-24-50)43-54(75(4,5)6)44-65(73)51-25-13-9-14-26-51/h8-48H,49H2,1-6H3. The quantitative estimate of drug-likeness (QED) is 0.135. The number of anilines is 4. The first-order chi connectivity index (χ1) is 39.9.